The molecule has 4 heteroatoms. The maximum absolute atomic E-state index is 13.2. The van der Waals surface area contributed by atoms with Gasteiger partial charge in [-0.25, -0.2) is 4.79 Å². The molecule has 1 aliphatic carbocycles. The molecule has 1 N–H and O–H groups in total. The second kappa shape index (κ2) is 8.86. The van der Waals surface area contributed by atoms with Crippen LogP contribution in [-0.4, -0.2) is 16.9 Å². The Morgan fingerprint density at radius 3 is 1.83 bits per heavy atom. The van der Waals surface area contributed by atoms with Crippen molar-refractivity contribution in [2.24, 2.45) is 0 Å². The summed E-state index contributed by atoms with van der Waals surface area (Å²) in [4.78, 5) is 24.8. The minimum absolute atomic E-state index is 0.0193. The molecule has 0 bridgehead atoms. The first-order chi connectivity index (χ1) is 17.1. The van der Waals surface area contributed by atoms with Gasteiger partial charge in [0.1, 0.15) is 0 Å². The van der Waals surface area contributed by atoms with Crippen LogP contribution >= 0.6 is 11.3 Å². The molecule has 0 saturated carbocycles. The first-order valence-corrected chi connectivity index (χ1v) is 13.2. The zero-order valence-electron chi connectivity index (χ0n) is 21.1. The van der Waals surface area contributed by atoms with Gasteiger partial charge in [0.2, 0.25) is 0 Å². The Morgan fingerprint density at radius 2 is 1.31 bits per heavy atom. The Bertz CT molecular complexity index is 1460. The number of carbonyl (C=O) groups is 2. The third-order valence-corrected chi connectivity index (χ3v) is 8.37. The summed E-state index contributed by atoms with van der Waals surface area (Å²) in [6.45, 7) is 9.34. The van der Waals surface area contributed by atoms with Crippen molar-refractivity contribution in [1.82, 2.24) is 0 Å². The van der Waals surface area contributed by atoms with Crippen molar-refractivity contribution < 1.29 is 14.7 Å². The molecule has 0 aliphatic heterocycles. The number of ketones is 1. The van der Waals surface area contributed by atoms with Crippen LogP contribution in [0.4, 0.5) is 0 Å². The van der Waals surface area contributed by atoms with Crippen LogP contribution in [0.3, 0.4) is 0 Å². The van der Waals surface area contributed by atoms with E-state index in [9.17, 15) is 14.7 Å². The molecule has 4 aromatic rings. The minimum atomic E-state index is -1.10. The Kier molecular flexibility index (Phi) is 5.96. The zero-order chi connectivity index (χ0) is 25.7. The van der Waals surface area contributed by atoms with Gasteiger partial charge in [-0.05, 0) is 92.1 Å². The van der Waals surface area contributed by atoms with Crippen LogP contribution in [0.5, 0.6) is 0 Å². The number of carboxylic acids is 1. The average molecular weight is 495 g/mol. The van der Waals surface area contributed by atoms with Crippen LogP contribution in [-0.2, 0) is 10.8 Å². The smallest absolute Gasteiger partial charge is 0.336 e. The van der Waals surface area contributed by atoms with Gasteiger partial charge in [0.15, 0.2) is 5.78 Å². The molecule has 3 aromatic carbocycles. The molecule has 0 atom stereocenters. The lowest BCUT2D eigenvalue weighted by Crippen LogP contribution is -2.34. The van der Waals surface area contributed by atoms with Gasteiger partial charge in [-0.3, -0.25) is 4.79 Å². The van der Waals surface area contributed by atoms with Crippen LogP contribution < -0.4 is 0 Å². The summed E-state index contributed by atoms with van der Waals surface area (Å²) in [5.74, 6) is -1.39. The zero-order valence-corrected chi connectivity index (χ0v) is 21.9. The molecular formula is C32H30O3S. The molecule has 0 radical (unpaired) electrons. The van der Waals surface area contributed by atoms with Gasteiger partial charge in [-0.1, -0.05) is 70.2 Å². The molecule has 0 spiro atoms. The van der Waals surface area contributed by atoms with Gasteiger partial charge in [-0.2, -0.15) is 11.3 Å². The fourth-order valence-electron chi connectivity index (χ4n) is 5.33. The Balaban J connectivity index is 1.62. The van der Waals surface area contributed by atoms with E-state index in [0.29, 0.717) is 5.56 Å². The number of aromatic carboxylic acids is 1. The van der Waals surface area contributed by atoms with Crippen molar-refractivity contribution in [2.45, 2.75) is 51.4 Å². The van der Waals surface area contributed by atoms with E-state index in [1.807, 2.05) is 24.3 Å². The van der Waals surface area contributed by atoms with Gasteiger partial charge >= 0.3 is 5.97 Å². The lowest BCUT2D eigenvalue weighted by atomic mass is 9.62. The van der Waals surface area contributed by atoms with Crippen molar-refractivity contribution >= 4 is 23.1 Å². The van der Waals surface area contributed by atoms with E-state index >= 15 is 0 Å². The highest BCUT2D eigenvalue weighted by Gasteiger charge is 2.38. The van der Waals surface area contributed by atoms with Crippen LogP contribution in [0.1, 0.15) is 77.9 Å². The summed E-state index contributed by atoms with van der Waals surface area (Å²) in [5.41, 5.74) is 8.31. The monoisotopic (exact) mass is 494 g/mol. The highest BCUT2D eigenvalue weighted by Crippen LogP contribution is 2.49. The van der Waals surface area contributed by atoms with E-state index in [-0.39, 0.29) is 27.7 Å². The molecule has 0 fully saturated rings. The summed E-state index contributed by atoms with van der Waals surface area (Å²) in [6.07, 6.45) is 2.30. The van der Waals surface area contributed by atoms with Gasteiger partial charge < -0.3 is 5.11 Å². The number of carbonyl (C=O) groups excluding carboxylic acids is 1. The van der Waals surface area contributed by atoms with E-state index in [1.165, 1.54) is 28.3 Å². The fourth-order valence-corrected chi connectivity index (χ4v) is 5.99. The summed E-state index contributed by atoms with van der Waals surface area (Å²) >= 11 is 1.69. The highest BCUT2D eigenvalue weighted by atomic mass is 32.1. The number of fused-ring (bicyclic) bond motifs is 1. The SMILES string of the molecule is CC1(C)CCC(C)(C)c2cc(-c3ccsc3)c(-c3ccc(C(=O)c4ccccc4C(=O)O)cc3)cc21. The quantitative estimate of drug-likeness (QED) is 0.284. The maximum atomic E-state index is 13.2. The van der Waals surface area contributed by atoms with Crippen molar-refractivity contribution in [3.63, 3.8) is 0 Å². The second-order valence-corrected chi connectivity index (χ2v) is 11.8. The van der Waals surface area contributed by atoms with Crippen LogP contribution in [0.2, 0.25) is 0 Å². The molecule has 3 nitrogen and oxygen atoms in total. The normalized spacial score (nSPS) is 15.8. The average Bonchev–Trinajstić information content (AvgIpc) is 3.41. The summed E-state index contributed by atoms with van der Waals surface area (Å²) < 4.78 is 0. The van der Waals surface area contributed by atoms with E-state index in [1.54, 1.807) is 29.5 Å². The number of hydrogen-bond donors (Lipinski definition) is 1. The second-order valence-electron chi connectivity index (χ2n) is 11.0. The van der Waals surface area contributed by atoms with E-state index in [2.05, 4.69) is 56.7 Å². The van der Waals surface area contributed by atoms with Crippen molar-refractivity contribution in [3.05, 3.63) is 105 Å². The highest BCUT2D eigenvalue weighted by molar-refractivity contribution is 7.08. The van der Waals surface area contributed by atoms with Crippen LogP contribution in [0.15, 0.2) is 77.5 Å². The molecule has 0 saturated heterocycles. The molecule has 1 aromatic heterocycles. The van der Waals surface area contributed by atoms with Crippen molar-refractivity contribution in [1.29, 1.82) is 0 Å². The third-order valence-electron chi connectivity index (χ3n) is 7.68. The Labute approximate surface area is 216 Å². The van der Waals surface area contributed by atoms with Gasteiger partial charge in [0, 0.05) is 11.1 Å². The van der Waals surface area contributed by atoms with Gasteiger partial charge in [0.25, 0.3) is 0 Å². The third kappa shape index (κ3) is 4.20. The standard InChI is InChI=1S/C32H30O3S/c1-31(2)14-15-32(3,4)28-18-26(22-13-16-36-19-22)25(17-27(28)31)20-9-11-21(12-10-20)29(33)23-7-5-6-8-24(23)30(34)35/h5-13,16-19H,14-15H2,1-4H3,(H,34,35). The van der Waals surface area contributed by atoms with E-state index in [4.69, 9.17) is 0 Å². The number of hydrogen-bond acceptors (Lipinski definition) is 3. The molecule has 1 heterocycles. The number of carboxylic acid groups (broad SMARTS) is 1. The van der Waals surface area contributed by atoms with Crippen LogP contribution in [0, 0.1) is 0 Å². The van der Waals surface area contributed by atoms with E-state index in [0.717, 1.165) is 24.0 Å². The minimum Gasteiger partial charge on any atom is -0.478 e. The Hall–Kier alpha value is -3.50. The molecule has 182 valence electrons. The maximum Gasteiger partial charge on any atom is 0.336 e. The summed E-state index contributed by atoms with van der Waals surface area (Å²) in [5, 5.41) is 13.8. The molecule has 0 unspecified atom stereocenters. The predicted octanol–water partition coefficient (Wildman–Crippen LogP) is 8.36. The lowest BCUT2D eigenvalue weighted by molar-refractivity contribution is 0.0692. The molecule has 0 amide bonds. The molecular weight excluding hydrogens is 464 g/mol. The first kappa shape index (κ1) is 24.2. The summed E-state index contributed by atoms with van der Waals surface area (Å²) in [7, 11) is 0. The molecule has 1 aliphatic rings. The van der Waals surface area contributed by atoms with Gasteiger partial charge in [-0.15, -0.1) is 0 Å². The molecule has 5 rings (SSSR count). The predicted molar refractivity (Wildman–Crippen MR) is 147 cm³/mol. The lowest BCUT2D eigenvalue weighted by Gasteiger charge is -2.42. The summed E-state index contributed by atoms with van der Waals surface area (Å²) in [6, 6.07) is 20.8. The largest absolute Gasteiger partial charge is 0.478 e. The Morgan fingerprint density at radius 1 is 0.750 bits per heavy atom. The van der Waals surface area contributed by atoms with Gasteiger partial charge in [0.05, 0.1) is 5.56 Å². The van der Waals surface area contributed by atoms with Crippen LogP contribution in [0.25, 0.3) is 22.3 Å². The van der Waals surface area contributed by atoms with Crippen molar-refractivity contribution in [3.8, 4) is 22.3 Å². The molecule has 36 heavy (non-hydrogen) atoms. The first-order valence-electron chi connectivity index (χ1n) is 12.3. The van der Waals surface area contributed by atoms with E-state index < -0.39 is 5.97 Å². The number of thiophene rings is 1. The fraction of sp³-hybridized carbons (Fsp3) is 0.250. The number of rotatable bonds is 5. The topological polar surface area (TPSA) is 54.4 Å². The number of benzene rings is 3. The van der Waals surface area contributed by atoms with Crippen molar-refractivity contribution in [2.75, 3.05) is 0 Å².